The lowest BCUT2D eigenvalue weighted by atomic mass is 10.2. The first kappa shape index (κ1) is 19.0. The summed E-state index contributed by atoms with van der Waals surface area (Å²) in [7, 11) is 1.60. The number of halogens is 1. The second kappa shape index (κ2) is 8.77. The molecule has 1 saturated heterocycles. The summed E-state index contributed by atoms with van der Waals surface area (Å²) >= 11 is 7.45. The molecule has 0 aliphatic carbocycles. The molecular formula is C18H23ClN4O2S. The molecule has 1 atom stereocenters. The Morgan fingerprint density at radius 2 is 2.04 bits per heavy atom. The van der Waals surface area contributed by atoms with Gasteiger partial charge in [0.25, 0.3) is 0 Å². The number of methoxy groups -OCH3 is 1. The van der Waals surface area contributed by atoms with E-state index in [2.05, 4.69) is 15.2 Å². The average Bonchev–Trinajstić information content (AvgIpc) is 2.93. The molecule has 1 aromatic carbocycles. The number of amides is 1. The monoisotopic (exact) mass is 394 g/mol. The van der Waals surface area contributed by atoms with Crippen LogP contribution in [0.15, 0.2) is 23.4 Å². The van der Waals surface area contributed by atoms with Crippen molar-refractivity contribution in [2.24, 2.45) is 0 Å². The zero-order chi connectivity index (χ0) is 18.5. The van der Waals surface area contributed by atoms with Crippen LogP contribution in [0.4, 0.5) is 0 Å². The Morgan fingerprint density at radius 3 is 2.73 bits per heavy atom. The van der Waals surface area contributed by atoms with E-state index in [4.69, 9.17) is 16.3 Å². The van der Waals surface area contributed by atoms with Gasteiger partial charge in [-0.15, -0.1) is 5.10 Å². The number of nitrogens with zero attached hydrogens (tertiary/aromatic N) is 3. The third-order valence-corrected chi connectivity index (χ3v) is 5.61. The number of hydrogen-bond acceptors (Lipinski definition) is 5. The Labute approximate surface area is 162 Å². The zero-order valence-electron chi connectivity index (χ0n) is 15.0. The predicted octanol–water partition coefficient (Wildman–Crippen LogP) is 4.02. The molecule has 0 bridgehead atoms. The van der Waals surface area contributed by atoms with Crippen molar-refractivity contribution < 1.29 is 9.53 Å². The van der Waals surface area contributed by atoms with Gasteiger partial charge in [-0.25, -0.2) is 4.98 Å². The molecule has 2 aromatic rings. The van der Waals surface area contributed by atoms with Gasteiger partial charge in [0.2, 0.25) is 11.1 Å². The molecule has 1 amide bonds. The van der Waals surface area contributed by atoms with Gasteiger partial charge < -0.3 is 9.64 Å². The second-order valence-corrected chi connectivity index (χ2v) is 8.06. The minimum absolute atomic E-state index is 0.156. The Bertz CT molecular complexity index is 759. The van der Waals surface area contributed by atoms with Gasteiger partial charge in [-0.2, -0.15) is 0 Å². The van der Waals surface area contributed by atoms with Gasteiger partial charge in [-0.3, -0.25) is 9.89 Å². The van der Waals surface area contributed by atoms with Gasteiger partial charge in [-0.1, -0.05) is 36.2 Å². The van der Waals surface area contributed by atoms with Crippen molar-refractivity contribution in [1.29, 1.82) is 0 Å². The van der Waals surface area contributed by atoms with E-state index in [-0.39, 0.29) is 11.2 Å². The largest absolute Gasteiger partial charge is 0.496 e. The number of rotatable bonds is 5. The molecule has 0 unspecified atom stereocenters. The summed E-state index contributed by atoms with van der Waals surface area (Å²) in [4.78, 5) is 19.2. The minimum Gasteiger partial charge on any atom is -0.496 e. The smallest absolute Gasteiger partial charge is 0.235 e. The van der Waals surface area contributed by atoms with Crippen molar-refractivity contribution in [2.75, 3.05) is 20.2 Å². The number of thioether (sulfide) groups is 1. The summed E-state index contributed by atoms with van der Waals surface area (Å²) in [6.45, 7) is 3.61. The number of aromatic amines is 1. The minimum atomic E-state index is -0.224. The van der Waals surface area contributed by atoms with Crippen LogP contribution in [-0.4, -0.2) is 51.4 Å². The molecule has 6 nitrogen and oxygen atoms in total. The molecule has 140 valence electrons. The van der Waals surface area contributed by atoms with E-state index in [0.29, 0.717) is 21.8 Å². The van der Waals surface area contributed by atoms with Gasteiger partial charge in [-0.05, 0) is 38.0 Å². The lowest BCUT2D eigenvalue weighted by Gasteiger charge is -2.23. The number of aromatic nitrogens is 3. The number of benzene rings is 1. The molecule has 1 aliphatic heterocycles. The topological polar surface area (TPSA) is 71.1 Å². The third kappa shape index (κ3) is 4.51. The number of ether oxygens (including phenoxy) is 1. The molecule has 0 radical (unpaired) electrons. The third-order valence-electron chi connectivity index (χ3n) is 4.43. The Kier molecular flexibility index (Phi) is 6.43. The summed E-state index contributed by atoms with van der Waals surface area (Å²) < 4.78 is 5.36. The SMILES string of the molecule is COc1ccc(Cl)cc1-c1nc(S[C@H](C)C(=O)N2CCCCCC2)n[nH]1. The Balaban J connectivity index is 1.70. The Morgan fingerprint density at radius 1 is 1.31 bits per heavy atom. The summed E-state index contributed by atoms with van der Waals surface area (Å²) in [6.07, 6.45) is 4.58. The first-order chi connectivity index (χ1) is 12.6. The van der Waals surface area contributed by atoms with Crippen molar-refractivity contribution >= 4 is 29.3 Å². The van der Waals surface area contributed by atoms with Gasteiger partial charge in [0.05, 0.1) is 17.9 Å². The summed E-state index contributed by atoms with van der Waals surface area (Å²) in [5, 5.41) is 8.06. The van der Waals surface area contributed by atoms with E-state index in [9.17, 15) is 4.79 Å². The maximum absolute atomic E-state index is 12.7. The molecule has 1 aliphatic rings. The van der Waals surface area contributed by atoms with Crippen LogP contribution in [0.25, 0.3) is 11.4 Å². The number of hydrogen-bond donors (Lipinski definition) is 1. The standard InChI is InChI=1S/C18H23ClN4O2S/c1-12(17(24)23-9-5-3-4-6-10-23)26-18-20-16(21-22-18)14-11-13(19)7-8-15(14)25-2/h7-8,11-12H,3-6,9-10H2,1-2H3,(H,20,21,22)/t12-/m1/s1. The van der Waals surface area contributed by atoms with Crippen LogP contribution in [0.1, 0.15) is 32.6 Å². The summed E-state index contributed by atoms with van der Waals surface area (Å²) in [5.41, 5.74) is 0.742. The summed E-state index contributed by atoms with van der Waals surface area (Å²) in [6, 6.07) is 5.33. The van der Waals surface area contributed by atoms with Crippen LogP contribution in [-0.2, 0) is 4.79 Å². The van der Waals surface area contributed by atoms with Crippen LogP contribution in [0.2, 0.25) is 5.02 Å². The lowest BCUT2D eigenvalue weighted by molar-refractivity contribution is -0.130. The molecule has 26 heavy (non-hydrogen) atoms. The van der Waals surface area contributed by atoms with E-state index in [1.807, 2.05) is 11.8 Å². The fraction of sp³-hybridized carbons (Fsp3) is 0.500. The number of likely N-dealkylation sites (tertiary alicyclic amines) is 1. The molecule has 3 rings (SSSR count). The van der Waals surface area contributed by atoms with E-state index < -0.39 is 0 Å². The van der Waals surface area contributed by atoms with E-state index in [1.54, 1.807) is 25.3 Å². The van der Waals surface area contributed by atoms with Gasteiger partial charge in [0.15, 0.2) is 5.82 Å². The Hall–Kier alpha value is -1.73. The fourth-order valence-electron chi connectivity index (χ4n) is 3.04. The number of carbonyl (C=O) groups is 1. The second-order valence-electron chi connectivity index (χ2n) is 6.31. The molecule has 1 aromatic heterocycles. The number of H-pyrrole nitrogens is 1. The highest BCUT2D eigenvalue weighted by molar-refractivity contribution is 8.00. The molecule has 8 heteroatoms. The lowest BCUT2D eigenvalue weighted by Crippen LogP contribution is -2.37. The molecular weight excluding hydrogens is 372 g/mol. The molecule has 0 spiro atoms. The highest BCUT2D eigenvalue weighted by Crippen LogP contribution is 2.32. The van der Waals surface area contributed by atoms with Crippen molar-refractivity contribution in [3.63, 3.8) is 0 Å². The summed E-state index contributed by atoms with van der Waals surface area (Å²) in [5.74, 6) is 1.39. The molecule has 1 N–H and O–H groups in total. The average molecular weight is 395 g/mol. The molecule has 2 heterocycles. The first-order valence-electron chi connectivity index (χ1n) is 8.80. The van der Waals surface area contributed by atoms with Gasteiger partial charge in [0, 0.05) is 18.1 Å². The quantitative estimate of drug-likeness (QED) is 0.775. The molecule has 1 fully saturated rings. The number of carbonyl (C=O) groups excluding carboxylic acids is 1. The van der Waals surface area contributed by atoms with Crippen molar-refractivity contribution in [2.45, 2.75) is 43.0 Å². The predicted molar refractivity (Wildman–Crippen MR) is 104 cm³/mol. The fourth-order valence-corrected chi connectivity index (χ4v) is 4.02. The maximum atomic E-state index is 12.7. The highest BCUT2D eigenvalue weighted by Gasteiger charge is 2.24. The maximum Gasteiger partial charge on any atom is 0.235 e. The first-order valence-corrected chi connectivity index (χ1v) is 10.1. The van der Waals surface area contributed by atoms with Crippen molar-refractivity contribution in [3.05, 3.63) is 23.2 Å². The van der Waals surface area contributed by atoms with Crippen LogP contribution in [0, 0.1) is 0 Å². The van der Waals surface area contributed by atoms with E-state index >= 15 is 0 Å². The van der Waals surface area contributed by atoms with E-state index in [0.717, 1.165) is 31.5 Å². The van der Waals surface area contributed by atoms with Crippen LogP contribution >= 0.6 is 23.4 Å². The zero-order valence-corrected chi connectivity index (χ0v) is 16.6. The highest BCUT2D eigenvalue weighted by atomic mass is 35.5. The molecule has 0 saturated carbocycles. The van der Waals surface area contributed by atoms with Crippen molar-refractivity contribution in [3.8, 4) is 17.1 Å². The van der Waals surface area contributed by atoms with E-state index in [1.165, 1.54) is 24.6 Å². The number of nitrogens with one attached hydrogen (secondary N) is 1. The van der Waals surface area contributed by atoms with Gasteiger partial charge >= 0.3 is 0 Å². The van der Waals surface area contributed by atoms with Crippen molar-refractivity contribution in [1.82, 2.24) is 20.1 Å². The van der Waals surface area contributed by atoms with Gasteiger partial charge in [0.1, 0.15) is 5.75 Å². The van der Waals surface area contributed by atoms with Crippen LogP contribution in [0.5, 0.6) is 5.75 Å². The van der Waals surface area contributed by atoms with Crippen LogP contribution in [0.3, 0.4) is 0 Å². The van der Waals surface area contributed by atoms with Crippen LogP contribution < -0.4 is 4.74 Å². The normalized spacial score (nSPS) is 16.2.